The van der Waals surface area contributed by atoms with Crippen molar-refractivity contribution in [3.63, 3.8) is 0 Å². The molecular weight excluding hydrogens is 539 g/mol. The van der Waals surface area contributed by atoms with Gasteiger partial charge in [0.2, 0.25) is 11.7 Å². The minimum absolute atomic E-state index is 0.0480. The van der Waals surface area contributed by atoms with E-state index in [2.05, 4.69) is 25.8 Å². The number of aromatic amines is 1. The average molecular weight is 570 g/mol. The highest BCUT2D eigenvalue weighted by Gasteiger charge is 2.50. The van der Waals surface area contributed by atoms with E-state index in [1.54, 1.807) is 30.3 Å². The van der Waals surface area contributed by atoms with Gasteiger partial charge in [0.25, 0.3) is 11.8 Å². The lowest BCUT2D eigenvalue weighted by atomic mass is 9.99. The van der Waals surface area contributed by atoms with E-state index in [9.17, 15) is 22.8 Å². The third-order valence-electron chi connectivity index (χ3n) is 6.63. The maximum absolute atomic E-state index is 13.0. The number of nitrogens with one attached hydrogen (secondary N) is 3. The zero-order valence-electron chi connectivity index (χ0n) is 22.4. The minimum atomic E-state index is -4.82. The van der Waals surface area contributed by atoms with Crippen LogP contribution in [0.15, 0.2) is 65.2 Å². The van der Waals surface area contributed by atoms with Crippen molar-refractivity contribution in [2.75, 3.05) is 0 Å². The van der Waals surface area contributed by atoms with Gasteiger partial charge < -0.3 is 26.5 Å². The molecule has 0 radical (unpaired) electrons. The van der Waals surface area contributed by atoms with Crippen molar-refractivity contribution in [1.82, 2.24) is 25.8 Å². The second-order valence-corrected chi connectivity index (χ2v) is 9.51. The van der Waals surface area contributed by atoms with Crippen LogP contribution in [0.5, 0.6) is 0 Å². The highest BCUT2D eigenvalue weighted by molar-refractivity contribution is 5.93. The molecule has 13 heteroatoms. The molecular formula is C28H30F3N7O3. The molecule has 0 unspecified atom stereocenters. The van der Waals surface area contributed by atoms with E-state index in [1.807, 2.05) is 13.8 Å². The van der Waals surface area contributed by atoms with Gasteiger partial charge in [0.15, 0.2) is 5.66 Å². The first-order chi connectivity index (χ1) is 19.4. The quantitative estimate of drug-likeness (QED) is 0.178. The molecule has 0 atom stereocenters. The Morgan fingerprint density at radius 2 is 1.68 bits per heavy atom. The lowest BCUT2D eigenvalue weighted by Gasteiger charge is -2.27. The fourth-order valence-corrected chi connectivity index (χ4v) is 4.00. The summed E-state index contributed by atoms with van der Waals surface area (Å²) in [6.07, 6.45) is -1.83. The van der Waals surface area contributed by atoms with Gasteiger partial charge in [-0.15, -0.1) is 0 Å². The topological polar surface area (TPSA) is 165 Å². The number of amides is 2. The zero-order chi connectivity index (χ0) is 29.8. The van der Waals surface area contributed by atoms with E-state index in [1.165, 1.54) is 30.5 Å². The van der Waals surface area contributed by atoms with Gasteiger partial charge in [0, 0.05) is 23.7 Å². The molecule has 0 saturated carbocycles. The number of benzene rings is 2. The van der Waals surface area contributed by atoms with Crippen molar-refractivity contribution in [2.45, 2.75) is 51.1 Å². The van der Waals surface area contributed by atoms with Crippen LogP contribution in [0.25, 0.3) is 22.7 Å². The predicted octanol–water partition coefficient (Wildman–Crippen LogP) is 4.21. The summed E-state index contributed by atoms with van der Waals surface area (Å²) >= 11 is 0. The Morgan fingerprint density at radius 1 is 1.00 bits per heavy atom. The molecule has 0 bridgehead atoms. The number of halogens is 3. The molecule has 2 amide bonds. The Labute approximate surface area is 233 Å². The second-order valence-electron chi connectivity index (χ2n) is 9.51. The number of nitrogens with zero attached hydrogens (tertiary/aromatic N) is 2. The first kappa shape index (κ1) is 29.5. The summed E-state index contributed by atoms with van der Waals surface area (Å²) in [6.45, 7) is 4.03. The van der Waals surface area contributed by atoms with E-state index < -0.39 is 17.7 Å². The van der Waals surface area contributed by atoms with Crippen molar-refractivity contribution < 1.29 is 27.2 Å². The summed E-state index contributed by atoms with van der Waals surface area (Å²) in [5.74, 6) is -0.429. The first-order valence-electron chi connectivity index (χ1n) is 12.9. The van der Waals surface area contributed by atoms with Crippen molar-refractivity contribution in [3.8, 4) is 22.7 Å². The van der Waals surface area contributed by atoms with Crippen LogP contribution >= 0.6 is 0 Å². The molecule has 0 aliphatic carbocycles. The summed E-state index contributed by atoms with van der Waals surface area (Å²) < 4.78 is 44.8. The molecule has 2 aromatic carbocycles. The molecule has 0 fully saturated rings. The summed E-state index contributed by atoms with van der Waals surface area (Å²) in [5, 5.41) is 12.5. The van der Waals surface area contributed by atoms with Gasteiger partial charge in [-0.3, -0.25) is 14.7 Å². The van der Waals surface area contributed by atoms with Gasteiger partial charge in [-0.25, -0.2) is 4.98 Å². The maximum atomic E-state index is 13.0. The number of carbonyl (C=O) groups is 2. The molecule has 4 aromatic rings. The van der Waals surface area contributed by atoms with E-state index in [0.717, 1.165) is 12.8 Å². The minimum Gasteiger partial charge on any atom is -0.431 e. The number of alkyl halides is 3. The van der Waals surface area contributed by atoms with Crippen molar-refractivity contribution in [1.29, 1.82) is 0 Å². The Balaban J connectivity index is 1.40. The number of nitrogens with two attached hydrogens (primary N) is 2. The van der Waals surface area contributed by atoms with Crippen LogP contribution in [0.3, 0.4) is 0 Å². The van der Waals surface area contributed by atoms with Gasteiger partial charge in [-0.1, -0.05) is 50.2 Å². The fourth-order valence-electron chi connectivity index (χ4n) is 4.00. The van der Waals surface area contributed by atoms with Gasteiger partial charge in [-0.05, 0) is 42.2 Å². The van der Waals surface area contributed by atoms with Crippen LogP contribution in [0.1, 0.15) is 58.9 Å². The molecule has 2 heterocycles. The predicted molar refractivity (Wildman–Crippen MR) is 145 cm³/mol. The third-order valence-corrected chi connectivity index (χ3v) is 6.63. The molecule has 4 rings (SSSR count). The van der Waals surface area contributed by atoms with E-state index >= 15 is 0 Å². The third kappa shape index (κ3) is 6.64. The van der Waals surface area contributed by atoms with Crippen LogP contribution in [0, 0.1) is 0 Å². The Bertz CT molecular complexity index is 1510. The standard InChI is InChI=1S/C28H30F3N7O3/c1-3-20(4-2)36-25(40)23-15-35-26(41-23)18-7-5-6-17(12-18)21-13-22(38-37-21)24(39)34-14-16-8-10-19(11-9-16)27(32,33)28(29,30)31/h5-13,15,20H,3-4,14,32-33H2,1-2H3,(H,34,39)(H,36,40)(H,37,38). The summed E-state index contributed by atoms with van der Waals surface area (Å²) in [6, 6.07) is 13.9. The highest BCUT2D eigenvalue weighted by atomic mass is 19.4. The highest BCUT2D eigenvalue weighted by Crippen LogP contribution is 2.32. The molecule has 41 heavy (non-hydrogen) atoms. The van der Waals surface area contributed by atoms with E-state index in [-0.39, 0.29) is 41.4 Å². The number of hydrogen-bond acceptors (Lipinski definition) is 7. The zero-order valence-corrected chi connectivity index (χ0v) is 22.4. The Hall–Kier alpha value is -4.49. The van der Waals surface area contributed by atoms with Gasteiger partial charge in [0.05, 0.1) is 11.9 Å². The van der Waals surface area contributed by atoms with Gasteiger partial charge in [-0.2, -0.15) is 18.3 Å². The van der Waals surface area contributed by atoms with Crippen LogP contribution in [0.4, 0.5) is 13.2 Å². The number of carbonyl (C=O) groups excluding carboxylic acids is 2. The first-order valence-corrected chi connectivity index (χ1v) is 12.9. The van der Waals surface area contributed by atoms with Crippen molar-refractivity contribution in [3.05, 3.63) is 83.4 Å². The molecule has 0 spiro atoms. The van der Waals surface area contributed by atoms with Crippen LogP contribution in [-0.2, 0) is 12.2 Å². The summed E-state index contributed by atoms with van der Waals surface area (Å²) in [7, 11) is 0. The van der Waals surface area contributed by atoms with Crippen LogP contribution in [0.2, 0.25) is 0 Å². The van der Waals surface area contributed by atoms with E-state index in [4.69, 9.17) is 15.9 Å². The van der Waals surface area contributed by atoms with E-state index in [0.29, 0.717) is 22.4 Å². The smallest absolute Gasteiger partial charge is 0.423 e. The lowest BCUT2D eigenvalue weighted by Crippen LogP contribution is -2.57. The molecule has 0 aliphatic rings. The number of oxazole rings is 1. The number of hydrogen-bond donors (Lipinski definition) is 5. The maximum Gasteiger partial charge on any atom is 0.423 e. The Morgan fingerprint density at radius 3 is 2.34 bits per heavy atom. The Kier molecular flexibility index (Phi) is 8.59. The SMILES string of the molecule is CCC(CC)NC(=O)c1cnc(-c2cccc(-c3cc(C(=O)NCc4ccc(C(N)(N)C(F)(F)F)cc4)[nH]n3)c2)o1. The average Bonchev–Trinajstić information content (AvgIpc) is 3.65. The largest absolute Gasteiger partial charge is 0.431 e. The van der Waals surface area contributed by atoms with Gasteiger partial charge in [0.1, 0.15) is 5.69 Å². The molecule has 7 N–H and O–H groups in total. The molecule has 2 aromatic heterocycles. The number of aromatic nitrogens is 3. The molecule has 216 valence electrons. The number of H-pyrrole nitrogens is 1. The van der Waals surface area contributed by atoms with Crippen molar-refractivity contribution in [2.24, 2.45) is 11.5 Å². The molecule has 0 saturated heterocycles. The summed E-state index contributed by atoms with van der Waals surface area (Å²) in [4.78, 5) is 29.3. The second kappa shape index (κ2) is 11.9. The lowest BCUT2D eigenvalue weighted by molar-refractivity contribution is -0.188. The van der Waals surface area contributed by atoms with Gasteiger partial charge >= 0.3 is 6.18 Å². The van der Waals surface area contributed by atoms with Crippen molar-refractivity contribution >= 4 is 11.8 Å². The van der Waals surface area contributed by atoms with Crippen LogP contribution < -0.4 is 22.1 Å². The molecule has 10 nitrogen and oxygen atoms in total. The number of rotatable bonds is 10. The monoisotopic (exact) mass is 569 g/mol. The van der Waals surface area contributed by atoms with Crippen LogP contribution in [-0.4, -0.2) is 39.2 Å². The fraction of sp³-hybridized carbons (Fsp3) is 0.286. The summed E-state index contributed by atoms with van der Waals surface area (Å²) in [5.41, 5.74) is 9.70. The molecule has 0 aliphatic heterocycles. The normalized spacial score (nSPS) is 12.0.